The first-order valence-electron chi connectivity index (χ1n) is 7.49. The van der Waals surface area contributed by atoms with Crippen molar-refractivity contribution in [2.45, 2.75) is 13.5 Å². The fourth-order valence-electron chi connectivity index (χ4n) is 2.04. The number of hydrazone groups is 1. The van der Waals surface area contributed by atoms with Crippen molar-refractivity contribution in [3.63, 3.8) is 0 Å². The molecule has 128 valence electrons. The molecule has 25 heavy (non-hydrogen) atoms. The van der Waals surface area contributed by atoms with Crippen LogP contribution < -0.4 is 10.2 Å². The van der Waals surface area contributed by atoms with Crippen molar-refractivity contribution < 1.29 is 9.13 Å². The largest absolute Gasteiger partial charge is 0.489 e. The number of aryl methyl sites for hydroxylation is 1. The summed E-state index contributed by atoms with van der Waals surface area (Å²) in [4.78, 5) is 4.26. The summed E-state index contributed by atoms with van der Waals surface area (Å²) in [5.74, 6) is 0.250. The summed E-state index contributed by atoms with van der Waals surface area (Å²) >= 11 is 7.48. The molecular formula is C18H15ClFN3OS. The van der Waals surface area contributed by atoms with Gasteiger partial charge < -0.3 is 4.74 Å². The van der Waals surface area contributed by atoms with Crippen molar-refractivity contribution in [2.75, 3.05) is 5.43 Å². The minimum absolute atomic E-state index is 0.0733. The molecule has 0 fully saturated rings. The van der Waals surface area contributed by atoms with Crippen LogP contribution in [0.4, 0.5) is 9.52 Å². The van der Waals surface area contributed by atoms with E-state index in [1.165, 1.54) is 17.4 Å². The minimum atomic E-state index is -0.375. The second-order valence-corrected chi connectivity index (χ2v) is 6.49. The summed E-state index contributed by atoms with van der Waals surface area (Å²) in [6.45, 7) is 2.00. The molecule has 0 saturated carbocycles. The third-order valence-corrected chi connectivity index (χ3v) is 4.54. The van der Waals surface area contributed by atoms with Gasteiger partial charge >= 0.3 is 0 Å². The molecule has 0 amide bonds. The van der Waals surface area contributed by atoms with E-state index in [-0.39, 0.29) is 12.4 Å². The Balaban J connectivity index is 1.57. The number of nitrogens with zero attached hydrogens (tertiary/aromatic N) is 2. The summed E-state index contributed by atoms with van der Waals surface area (Å²) in [6.07, 6.45) is 1.69. The highest BCUT2D eigenvalue weighted by molar-refractivity contribution is 7.13. The van der Waals surface area contributed by atoms with E-state index in [4.69, 9.17) is 16.3 Å². The SMILES string of the molecule is Cc1csc(N/N=C/c2ccc(OCc3c(F)cccc3Cl)cc2)n1. The number of rotatable bonds is 6. The zero-order valence-corrected chi connectivity index (χ0v) is 14.9. The van der Waals surface area contributed by atoms with Gasteiger partial charge in [0.1, 0.15) is 18.2 Å². The number of hydrogen-bond donors (Lipinski definition) is 1. The summed E-state index contributed by atoms with van der Waals surface area (Å²) in [7, 11) is 0. The van der Waals surface area contributed by atoms with Gasteiger partial charge in [-0.25, -0.2) is 9.37 Å². The molecule has 0 saturated heterocycles. The van der Waals surface area contributed by atoms with E-state index >= 15 is 0 Å². The highest BCUT2D eigenvalue weighted by Crippen LogP contribution is 2.21. The summed E-state index contributed by atoms with van der Waals surface area (Å²) in [5.41, 5.74) is 5.08. The van der Waals surface area contributed by atoms with E-state index in [9.17, 15) is 4.39 Å². The smallest absolute Gasteiger partial charge is 0.203 e. The van der Waals surface area contributed by atoms with E-state index < -0.39 is 0 Å². The monoisotopic (exact) mass is 375 g/mol. The van der Waals surface area contributed by atoms with Crippen LogP contribution in [-0.2, 0) is 6.61 Å². The molecule has 0 aliphatic carbocycles. The van der Waals surface area contributed by atoms with Crippen molar-refractivity contribution in [2.24, 2.45) is 5.10 Å². The first-order chi connectivity index (χ1) is 12.1. The van der Waals surface area contributed by atoms with Crippen LogP contribution >= 0.6 is 22.9 Å². The van der Waals surface area contributed by atoms with Crippen molar-refractivity contribution in [3.05, 3.63) is 75.5 Å². The van der Waals surface area contributed by atoms with Crippen LogP contribution in [0.5, 0.6) is 5.75 Å². The van der Waals surface area contributed by atoms with Crippen LogP contribution in [0.3, 0.4) is 0 Å². The van der Waals surface area contributed by atoms with Gasteiger partial charge in [0.15, 0.2) is 0 Å². The Labute approximate surface area is 153 Å². The lowest BCUT2D eigenvalue weighted by atomic mass is 10.2. The second-order valence-electron chi connectivity index (χ2n) is 5.22. The number of ether oxygens (including phenoxy) is 1. The quantitative estimate of drug-likeness (QED) is 0.471. The van der Waals surface area contributed by atoms with Crippen LogP contribution in [0.1, 0.15) is 16.8 Å². The first-order valence-corrected chi connectivity index (χ1v) is 8.74. The molecule has 0 bridgehead atoms. The predicted octanol–water partition coefficient (Wildman–Crippen LogP) is 5.27. The van der Waals surface area contributed by atoms with E-state index in [1.54, 1.807) is 30.5 Å². The van der Waals surface area contributed by atoms with Crippen LogP contribution in [0.15, 0.2) is 52.9 Å². The maximum Gasteiger partial charge on any atom is 0.203 e. The molecule has 3 aromatic rings. The normalized spacial score (nSPS) is 11.0. The summed E-state index contributed by atoms with van der Waals surface area (Å²) in [5, 5.41) is 7.19. The van der Waals surface area contributed by atoms with E-state index in [2.05, 4.69) is 15.5 Å². The Bertz CT molecular complexity index is 860. The van der Waals surface area contributed by atoms with Crippen LogP contribution in [0.25, 0.3) is 0 Å². The van der Waals surface area contributed by atoms with Gasteiger partial charge in [0, 0.05) is 10.9 Å². The zero-order chi connectivity index (χ0) is 17.6. The lowest BCUT2D eigenvalue weighted by Crippen LogP contribution is -1.99. The number of thiazole rings is 1. The summed E-state index contributed by atoms with van der Waals surface area (Å²) < 4.78 is 19.3. The standard InChI is InChI=1S/C18H15ClFN3OS/c1-12-11-25-18(22-12)23-21-9-13-5-7-14(8-6-13)24-10-15-16(19)3-2-4-17(15)20/h2-9,11H,10H2,1H3,(H,22,23)/b21-9+. The topological polar surface area (TPSA) is 46.5 Å². The number of anilines is 1. The molecule has 0 aliphatic heterocycles. The lowest BCUT2D eigenvalue weighted by Gasteiger charge is -2.08. The van der Waals surface area contributed by atoms with E-state index in [0.717, 1.165) is 16.4 Å². The van der Waals surface area contributed by atoms with Gasteiger partial charge in [0.05, 0.1) is 16.9 Å². The van der Waals surface area contributed by atoms with Crippen molar-refractivity contribution in [3.8, 4) is 5.75 Å². The molecule has 1 aromatic heterocycles. The highest BCUT2D eigenvalue weighted by Gasteiger charge is 2.07. The Kier molecular flexibility index (Phi) is 5.63. The van der Waals surface area contributed by atoms with Gasteiger partial charge in [-0.15, -0.1) is 11.3 Å². The summed E-state index contributed by atoms with van der Waals surface area (Å²) in [6, 6.07) is 11.9. The molecule has 2 aromatic carbocycles. The minimum Gasteiger partial charge on any atom is -0.489 e. The Morgan fingerprint density at radius 3 is 2.76 bits per heavy atom. The Morgan fingerprint density at radius 1 is 1.28 bits per heavy atom. The van der Waals surface area contributed by atoms with Crippen molar-refractivity contribution in [1.82, 2.24) is 4.98 Å². The Morgan fingerprint density at radius 2 is 2.08 bits per heavy atom. The van der Waals surface area contributed by atoms with E-state index in [0.29, 0.717) is 16.3 Å². The molecule has 0 spiro atoms. The molecule has 0 unspecified atom stereocenters. The maximum atomic E-state index is 13.7. The van der Waals surface area contributed by atoms with Gasteiger partial charge in [-0.3, -0.25) is 5.43 Å². The maximum absolute atomic E-state index is 13.7. The average molecular weight is 376 g/mol. The van der Waals surface area contributed by atoms with E-state index in [1.807, 2.05) is 24.4 Å². The number of aromatic nitrogens is 1. The van der Waals surface area contributed by atoms with Gasteiger partial charge in [-0.05, 0) is 48.9 Å². The molecule has 4 nitrogen and oxygen atoms in total. The van der Waals surface area contributed by atoms with Gasteiger partial charge in [-0.1, -0.05) is 17.7 Å². The van der Waals surface area contributed by atoms with Gasteiger partial charge in [0.2, 0.25) is 5.13 Å². The fourth-order valence-corrected chi connectivity index (χ4v) is 2.90. The molecule has 0 radical (unpaired) electrons. The number of benzene rings is 2. The lowest BCUT2D eigenvalue weighted by molar-refractivity contribution is 0.300. The molecule has 3 rings (SSSR count). The molecular weight excluding hydrogens is 361 g/mol. The molecule has 0 atom stereocenters. The molecule has 1 heterocycles. The number of nitrogens with one attached hydrogen (secondary N) is 1. The van der Waals surface area contributed by atoms with Crippen LogP contribution in [-0.4, -0.2) is 11.2 Å². The third kappa shape index (κ3) is 4.78. The predicted molar refractivity (Wildman–Crippen MR) is 100 cm³/mol. The van der Waals surface area contributed by atoms with Crippen molar-refractivity contribution >= 4 is 34.3 Å². The number of hydrogen-bond acceptors (Lipinski definition) is 5. The first kappa shape index (κ1) is 17.4. The average Bonchev–Trinajstić information content (AvgIpc) is 3.01. The second kappa shape index (κ2) is 8.09. The Hall–Kier alpha value is -2.44. The highest BCUT2D eigenvalue weighted by atomic mass is 35.5. The molecule has 7 heteroatoms. The molecule has 0 aliphatic rings. The van der Waals surface area contributed by atoms with Crippen LogP contribution in [0, 0.1) is 12.7 Å². The zero-order valence-electron chi connectivity index (χ0n) is 13.4. The van der Waals surface area contributed by atoms with Gasteiger partial charge in [0.25, 0.3) is 0 Å². The van der Waals surface area contributed by atoms with Crippen LogP contribution in [0.2, 0.25) is 5.02 Å². The van der Waals surface area contributed by atoms with Gasteiger partial charge in [-0.2, -0.15) is 5.10 Å². The number of halogens is 2. The van der Waals surface area contributed by atoms with Crippen molar-refractivity contribution in [1.29, 1.82) is 0 Å². The fraction of sp³-hybridized carbons (Fsp3) is 0.111. The third-order valence-electron chi connectivity index (χ3n) is 3.32. The molecule has 1 N–H and O–H groups in total.